The number of aromatic nitrogens is 1. The molecular weight excluding hydrogens is 414 g/mol. The third-order valence-electron chi connectivity index (χ3n) is 5.31. The summed E-state index contributed by atoms with van der Waals surface area (Å²) in [5.41, 5.74) is 15.3. The maximum absolute atomic E-state index is 13.2. The number of carbonyl (C=O) groups excluding carboxylic acids is 2. The maximum atomic E-state index is 13.2. The SMILES string of the molecule is C#Cc1cccc(NC(=O)c2cc3ccc(C(=N)N)cc3n2Cc2ccc(C(N)=O)cc2)c1. The molecule has 0 fully saturated rings. The maximum Gasteiger partial charge on any atom is 0.272 e. The van der Waals surface area contributed by atoms with Crippen LogP contribution < -0.4 is 16.8 Å². The molecule has 7 nitrogen and oxygen atoms in total. The van der Waals surface area contributed by atoms with E-state index in [-0.39, 0.29) is 11.7 Å². The van der Waals surface area contributed by atoms with Gasteiger partial charge in [-0.05, 0) is 48.0 Å². The van der Waals surface area contributed by atoms with E-state index in [0.717, 1.165) is 16.5 Å². The number of nitrogen functional groups attached to an aromatic ring is 1. The number of fused-ring (bicyclic) bond motifs is 1. The number of nitrogens with two attached hydrogens (primary N) is 2. The molecule has 0 spiro atoms. The summed E-state index contributed by atoms with van der Waals surface area (Å²) in [6.07, 6.45) is 5.47. The molecule has 0 bridgehead atoms. The van der Waals surface area contributed by atoms with E-state index < -0.39 is 5.91 Å². The Bertz CT molecular complexity index is 1440. The molecule has 0 unspecified atom stereocenters. The monoisotopic (exact) mass is 435 g/mol. The number of amidine groups is 1. The molecule has 1 aromatic heterocycles. The molecule has 162 valence electrons. The number of carbonyl (C=O) groups is 2. The minimum absolute atomic E-state index is 0.0624. The van der Waals surface area contributed by atoms with Crippen molar-refractivity contribution in [1.82, 2.24) is 4.57 Å². The van der Waals surface area contributed by atoms with Crippen molar-refractivity contribution in [1.29, 1.82) is 5.41 Å². The van der Waals surface area contributed by atoms with Crippen LogP contribution in [0.3, 0.4) is 0 Å². The normalized spacial score (nSPS) is 10.5. The summed E-state index contributed by atoms with van der Waals surface area (Å²) in [5, 5.41) is 11.5. The van der Waals surface area contributed by atoms with Crippen LogP contribution in [0.25, 0.3) is 10.9 Å². The molecule has 3 aromatic carbocycles. The second-order valence-electron chi connectivity index (χ2n) is 7.54. The predicted molar refractivity (Wildman–Crippen MR) is 129 cm³/mol. The molecule has 0 atom stereocenters. The van der Waals surface area contributed by atoms with E-state index in [4.69, 9.17) is 23.3 Å². The lowest BCUT2D eigenvalue weighted by Gasteiger charge is -2.12. The van der Waals surface area contributed by atoms with Gasteiger partial charge in [-0.25, -0.2) is 0 Å². The summed E-state index contributed by atoms with van der Waals surface area (Å²) in [6.45, 7) is 0.358. The lowest BCUT2D eigenvalue weighted by atomic mass is 10.1. The van der Waals surface area contributed by atoms with Gasteiger partial charge in [-0.1, -0.05) is 36.3 Å². The first kappa shape index (κ1) is 21.4. The van der Waals surface area contributed by atoms with Crippen molar-refractivity contribution in [2.75, 3.05) is 5.32 Å². The summed E-state index contributed by atoms with van der Waals surface area (Å²) in [5.74, 6) is 1.68. The fourth-order valence-electron chi connectivity index (χ4n) is 3.62. The Morgan fingerprint density at radius 3 is 2.36 bits per heavy atom. The van der Waals surface area contributed by atoms with Gasteiger partial charge in [-0.15, -0.1) is 6.42 Å². The van der Waals surface area contributed by atoms with Crippen LogP contribution >= 0.6 is 0 Å². The van der Waals surface area contributed by atoms with E-state index in [1.807, 2.05) is 10.6 Å². The van der Waals surface area contributed by atoms with Gasteiger partial charge < -0.3 is 21.4 Å². The number of nitrogens with zero attached hydrogens (tertiary/aromatic N) is 1. The Labute approximate surface area is 190 Å². The minimum Gasteiger partial charge on any atom is -0.384 e. The first-order valence-corrected chi connectivity index (χ1v) is 10.1. The average molecular weight is 435 g/mol. The molecule has 0 aliphatic rings. The lowest BCUT2D eigenvalue weighted by molar-refractivity contribution is 0.0997. The highest BCUT2D eigenvalue weighted by Crippen LogP contribution is 2.24. The number of primary amides is 1. The van der Waals surface area contributed by atoms with Gasteiger partial charge in [0.1, 0.15) is 11.5 Å². The van der Waals surface area contributed by atoms with Crippen LogP contribution in [0.2, 0.25) is 0 Å². The zero-order chi connectivity index (χ0) is 23.5. The highest BCUT2D eigenvalue weighted by molar-refractivity contribution is 6.07. The number of anilines is 1. The smallest absolute Gasteiger partial charge is 0.272 e. The van der Waals surface area contributed by atoms with Crippen LogP contribution in [0.4, 0.5) is 5.69 Å². The van der Waals surface area contributed by atoms with E-state index in [0.29, 0.717) is 34.6 Å². The summed E-state index contributed by atoms with van der Waals surface area (Å²) >= 11 is 0. The summed E-state index contributed by atoms with van der Waals surface area (Å²) in [4.78, 5) is 24.6. The van der Waals surface area contributed by atoms with Crippen molar-refractivity contribution in [3.05, 3.63) is 101 Å². The van der Waals surface area contributed by atoms with Crippen molar-refractivity contribution < 1.29 is 9.59 Å². The van der Waals surface area contributed by atoms with Gasteiger partial charge in [0, 0.05) is 39.8 Å². The molecule has 4 aromatic rings. The molecule has 4 rings (SSSR count). The van der Waals surface area contributed by atoms with Crippen molar-refractivity contribution in [2.24, 2.45) is 11.5 Å². The topological polar surface area (TPSA) is 127 Å². The number of nitrogens with one attached hydrogen (secondary N) is 2. The highest BCUT2D eigenvalue weighted by Gasteiger charge is 2.17. The third-order valence-corrected chi connectivity index (χ3v) is 5.31. The van der Waals surface area contributed by atoms with Crippen LogP contribution in [0.1, 0.15) is 37.5 Å². The highest BCUT2D eigenvalue weighted by atomic mass is 16.2. The van der Waals surface area contributed by atoms with Crippen molar-refractivity contribution in [2.45, 2.75) is 6.54 Å². The second-order valence-corrected chi connectivity index (χ2v) is 7.54. The zero-order valence-corrected chi connectivity index (χ0v) is 17.6. The number of hydrogen-bond donors (Lipinski definition) is 4. The standard InChI is InChI=1S/C26H21N5O2/c1-2-16-4-3-5-21(12-16)30-26(33)23-13-19-10-11-20(24(27)28)14-22(19)31(23)15-17-6-8-18(9-7-17)25(29)32/h1,3-14H,15H2,(H3,27,28)(H2,29,32)(H,30,33). The molecule has 0 aliphatic heterocycles. The molecule has 1 heterocycles. The first-order chi connectivity index (χ1) is 15.9. The van der Waals surface area contributed by atoms with Crippen molar-refractivity contribution >= 4 is 34.2 Å². The molecule has 0 saturated carbocycles. The fraction of sp³-hybridized carbons (Fsp3) is 0.0385. The van der Waals surface area contributed by atoms with Crippen LogP contribution in [0, 0.1) is 17.8 Å². The van der Waals surface area contributed by atoms with Gasteiger partial charge >= 0.3 is 0 Å². The van der Waals surface area contributed by atoms with Crippen molar-refractivity contribution in [3.8, 4) is 12.3 Å². The molecule has 0 aliphatic carbocycles. The number of amides is 2. The van der Waals surface area contributed by atoms with E-state index in [1.165, 1.54) is 0 Å². The van der Waals surface area contributed by atoms with Gasteiger partial charge in [0.25, 0.3) is 5.91 Å². The zero-order valence-electron chi connectivity index (χ0n) is 17.6. The van der Waals surface area contributed by atoms with Gasteiger partial charge in [-0.2, -0.15) is 0 Å². The van der Waals surface area contributed by atoms with Gasteiger partial charge in [0.2, 0.25) is 5.91 Å². The summed E-state index contributed by atoms with van der Waals surface area (Å²) in [7, 11) is 0. The Morgan fingerprint density at radius 2 is 1.70 bits per heavy atom. The first-order valence-electron chi connectivity index (χ1n) is 10.1. The Hall–Kier alpha value is -4.83. The van der Waals surface area contributed by atoms with E-state index in [9.17, 15) is 9.59 Å². The van der Waals surface area contributed by atoms with Gasteiger partial charge in [0.05, 0.1) is 0 Å². The molecule has 0 radical (unpaired) electrons. The third kappa shape index (κ3) is 4.45. The van der Waals surface area contributed by atoms with Gasteiger partial charge in [0.15, 0.2) is 0 Å². The predicted octanol–water partition coefficient (Wildman–Crippen LogP) is 3.31. The molecular formula is C26H21N5O2. The minimum atomic E-state index is -0.506. The number of hydrogen-bond acceptors (Lipinski definition) is 3. The van der Waals surface area contributed by atoms with Gasteiger partial charge in [-0.3, -0.25) is 15.0 Å². The molecule has 6 N–H and O–H groups in total. The van der Waals surface area contributed by atoms with Crippen LogP contribution in [0.5, 0.6) is 0 Å². The summed E-state index contributed by atoms with van der Waals surface area (Å²) < 4.78 is 1.85. The number of terminal acetylenes is 1. The Balaban J connectivity index is 1.77. The van der Waals surface area contributed by atoms with Crippen LogP contribution in [0.15, 0.2) is 72.8 Å². The fourth-order valence-corrected chi connectivity index (χ4v) is 3.62. The molecule has 2 amide bonds. The molecule has 33 heavy (non-hydrogen) atoms. The van der Waals surface area contributed by atoms with Crippen molar-refractivity contribution in [3.63, 3.8) is 0 Å². The Kier molecular flexibility index (Phi) is 5.66. The molecule has 7 heteroatoms. The van der Waals surface area contributed by atoms with Crippen LogP contribution in [-0.4, -0.2) is 22.2 Å². The lowest BCUT2D eigenvalue weighted by Crippen LogP contribution is -2.18. The number of rotatable bonds is 6. The summed E-state index contributed by atoms with van der Waals surface area (Å²) in [6, 6.07) is 21.1. The number of benzene rings is 3. The van der Waals surface area contributed by atoms with E-state index >= 15 is 0 Å². The molecule has 0 saturated heterocycles. The average Bonchev–Trinajstić information content (AvgIpc) is 3.17. The Morgan fingerprint density at radius 1 is 0.970 bits per heavy atom. The largest absolute Gasteiger partial charge is 0.384 e. The second kappa shape index (κ2) is 8.73. The van der Waals surface area contributed by atoms with E-state index in [2.05, 4.69) is 11.2 Å². The van der Waals surface area contributed by atoms with E-state index in [1.54, 1.807) is 66.7 Å². The quantitative estimate of drug-likeness (QED) is 0.211. The van der Waals surface area contributed by atoms with Crippen LogP contribution in [-0.2, 0) is 6.54 Å².